The zero-order valence-corrected chi connectivity index (χ0v) is 16.9. The number of rotatable bonds is 5. The van der Waals surface area contributed by atoms with Crippen molar-refractivity contribution in [3.63, 3.8) is 0 Å². The summed E-state index contributed by atoms with van der Waals surface area (Å²) in [6.07, 6.45) is -0.0723. The second kappa shape index (κ2) is 7.80. The molecule has 1 N–H and O–H groups in total. The summed E-state index contributed by atoms with van der Waals surface area (Å²) in [4.78, 5) is 27.9. The van der Waals surface area contributed by atoms with Gasteiger partial charge in [0, 0.05) is 6.42 Å². The van der Waals surface area contributed by atoms with Crippen LogP contribution in [0.5, 0.6) is 11.5 Å². The Labute approximate surface area is 180 Å². The van der Waals surface area contributed by atoms with E-state index in [4.69, 9.17) is 9.47 Å². The van der Waals surface area contributed by atoms with Gasteiger partial charge < -0.3 is 14.8 Å². The number of carbonyl (C=O) groups excluding carboxylic acids is 2. The Morgan fingerprint density at radius 2 is 1.52 bits per heavy atom. The lowest BCUT2D eigenvalue weighted by atomic mass is 9.83. The van der Waals surface area contributed by atoms with Gasteiger partial charge in [0.1, 0.15) is 6.61 Å². The number of imide groups is 1. The zero-order valence-electron chi connectivity index (χ0n) is 16.9. The summed E-state index contributed by atoms with van der Waals surface area (Å²) in [5.74, 6) is 0.998. The molecule has 1 fully saturated rings. The molecular weight excluding hydrogens is 392 g/mol. The van der Waals surface area contributed by atoms with Gasteiger partial charge in [-0.3, -0.25) is 9.69 Å². The topological polar surface area (TPSA) is 67.9 Å². The van der Waals surface area contributed by atoms with Crippen molar-refractivity contribution < 1.29 is 19.1 Å². The van der Waals surface area contributed by atoms with Gasteiger partial charge in [-0.1, -0.05) is 72.8 Å². The quantitative estimate of drug-likeness (QED) is 0.649. The van der Waals surface area contributed by atoms with Gasteiger partial charge in [-0.05, 0) is 23.3 Å². The molecule has 2 aliphatic heterocycles. The zero-order chi connectivity index (χ0) is 21.3. The summed E-state index contributed by atoms with van der Waals surface area (Å²) in [5.41, 5.74) is 0.562. The fraction of sp³-hybridized carbons (Fsp3) is 0.200. The van der Waals surface area contributed by atoms with Gasteiger partial charge in [0.05, 0.1) is 6.54 Å². The van der Waals surface area contributed by atoms with E-state index in [2.05, 4.69) is 5.32 Å². The van der Waals surface area contributed by atoms with Crippen LogP contribution in [0.25, 0.3) is 0 Å². The fourth-order valence-electron chi connectivity index (χ4n) is 4.19. The standard InChI is InChI=1S/C25H22N2O4/c28-23-25(19-11-5-2-6-12-19,15-18-9-3-1-4-10-18)26-24(29)27(23)16-20-17-30-21-13-7-8-14-22(21)31-20/h1-14,20H,15-17H2,(H,26,29)/t20-,25+/m1/s1. The van der Waals surface area contributed by atoms with Crippen LogP contribution in [0.3, 0.4) is 0 Å². The van der Waals surface area contributed by atoms with Crippen LogP contribution in [-0.4, -0.2) is 36.1 Å². The molecule has 2 aliphatic rings. The second-order valence-electron chi connectivity index (χ2n) is 7.78. The molecule has 156 valence electrons. The van der Waals surface area contributed by atoms with E-state index in [1.165, 1.54) is 4.90 Å². The monoisotopic (exact) mass is 414 g/mol. The normalized spacial score (nSPS) is 22.3. The fourth-order valence-corrected chi connectivity index (χ4v) is 4.19. The molecule has 6 nitrogen and oxygen atoms in total. The van der Waals surface area contributed by atoms with Crippen molar-refractivity contribution >= 4 is 11.9 Å². The Balaban J connectivity index is 1.43. The number of carbonyl (C=O) groups is 2. The first kappa shape index (κ1) is 19.2. The van der Waals surface area contributed by atoms with Gasteiger partial charge in [-0.15, -0.1) is 0 Å². The van der Waals surface area contributed by atoms with Gasteiger partial charge >= 0.3 is 6.03 Å². The summed E-state index contributed by atoms with van der Waals surface area (Å²) in [7, 11) is 0. The van der Waals surface area contributed by atoms with Crippen LogP contribution in [0.1, 0.15) is 11.1 Å². The summed E-state index contributed by atoms with van der Waals surface area (Å²) in [6, 6.07) is 26.1. The summed E-state index contributed by atoms with van der Waals surface area (Å²) < 4.78 is 11.7. The predicted molar refractivity (Wildman–Crippen MR) is 115 cm³/mol. The minimum atomic E-state index is -1.16. The lowest BCUT2D eigenvalue weighted by molar-refractivity contribution is -0.132. The Bertz CT molecular complexity index is 1100. The highest BCUT2D eigenvalue weighted by atomic mass is 16.6. The van der Waals surface area contributed by atoms with E-state index in [9.17, 15) is 9.59 Å². The third-order valence-electron chi connectivity index (χ3n) is 5.71. The molecule has 1 saturated heterocycles. The number of nitrogens with zero attached hydrogens (tertiary/aromatic N) is 1. The van der Waals surface area contributed by atoms with Crippen LogP contribution in [0.15, 0.2) is 84.9 Å². The highest BCUT2D eigenvalue weighted by Crippen LogP contribution is 2.35. The Morgan fingerprint density at radius 3 is 2.26 bits per heavy atom. The summed E-state index contributed by atoms with van der Waals surface area (Å²) >= 11 is 0. The van der Waals surface area contributed by atoms with E-state index in [1.807, 2.05) is 84.9 Å². The highest BCUT2D eigenvalue weighted by molar-refractivity contribution is 6.07. The molecule has 2 atom stereocenters. The van der Waals surface area contributed by atoms with Crippen molar-refractivity contribution in [1.82, 2.24) is 10.2 Å². The number of amides is 3. The maximum Gasteiger partial charge on any atom is 0.325 e. The lowest BCUT2D eigenvalue weighted by Gasteiger charge is -2.30. The van der Waals surface area contributed by atoms with Crippen LogP contribution in [0.2, 0.25) is 0 Å². The molecule has 3 aromatic rings. The lowest BCUT2D eigenvalue weighted by Crippen LogP contribution is -2.47. The second-order valence-corrected chi connectivity index (χ2v) is 7.78. The minimum Gasteiger partial charge on any atom is -0.486 e. The van der Waals surface area contributed by atoms with Crippen molar-refractivity contribution in [3.05, 3.63) is 96.1 Å². The first-order valence-electron chi connectivity index (χ1n) is 10.3. The van der Waals surface area contributed by atoms with Gasteiger partial charge in [0.15, 0.2) is 23.1 Å². The van der Waals surface area contributed by atoms with Crippen molar-refractivity contribution in [1.29, 1.82) is 0 Å². The van der Waals surface area contributed by atoms with Crippen LogP contribution >= 0.6 is 0 Å². The molecule has 5 rings (SSSR count). The number of hydrogen-bond donors (Lipinski definition) is 1. The predicted octanol–water partition coefficient (Wildman–Crippen LogP) is 3.52. The van der Waals surface area contributed by atoms with Crippen LogP contribution in [0.4, 0.5) is 4.79 Å². The Hall–Kier alpha value is -3.80. The smallest absolute Gasteiger partial charge is 0.325 e. The average molecular weight is 414 g/mol. The van der Waals surface area contributed by atoms with Gasteiger partial charge in [-0.2, -0.15) is 0 Å². The molecule has 0 aliphatic carbocycles. The van der Waals surface area contributed by atoms with Crippen molar-refractivity contribution in [2.45, 2.75) is 18.1 Å². The molecule has 0 spiro atoms. The Kier molecular flexibility index (Phi) is 4.82. The highest BCUT2D eigenvalue weighted by Gasteiger charge is 2.53. The van der Waals surface area contributed by atoms with E-state index < -0.39 is 17.7 Å². The molecule has 3 aromatic carbocycles. The molecule has 3 amide bonds. The number of benzene rings is 3. The number of nitrogens with one attached hydrogen (secondary N) is 1. The van der Waals surface area contributed by atoms with Crippen molar-refractivity contribution in [2.24, 2.45) is 0 Å². The van der Waals surface area contributed by atoms with E-state index in [1.54, 1.807) is 0 Å². The first-order chi connectivity index (χ1) is 15.2. The van der Waals surface area contributed by atoms with Crippen LogP contribution < -0.4 is 14.8 Å². The van der Waals surface area contributed by atoms with Crippen LogP contribution in [-0.2, 0) is 16.8 Å². The summed E-state index contributed by atoms with van der Waals surface area (Å²) in [5, 5.41) is 2.98. The molecule has 0 radical (unpaired) electrons. The first-order valence-corrected chi connectivity index (χ1v) is 10.3. The van der Waals surface area contributed by atoms with Crippen molar-refractivity contribution in [2.75, 3.05) is 13.2 Å². The molecule has 6 heteroatoms. The molecule has 0 unspecified atom stereocenters. The Morgan fingerprint density at radius 1 is 0.871 bits per heavy atom. The largest absolute Gasteiger partial charge is 0.486 e. The van der Waals surface area contributed by atoms with E-state index in [0.29, 0.717) is 17.9 Å². The van der Waals surface area contributed by atoms with Crippen LogP contribution in [0, 0.1) is 0 Å². The van der Waals surface area contributed by atoms with Gasteiger partial charge in [0.2, 0.25) is 0 Å². The van der Waals surface area contributed by atoms with E-state index in [0.717, 1.165) is 11.1 Å². The molecule has 0 aromatic heterocycles. The van der Waals surface area contributed by atoms with E-state index >= 15 is 0 Å². The average Bonchev–Trinajstić information content (AvgIpc) is 3.05. The van der Waals surface area contributed by atoms with Gasteiger partial charge in [-0.25, -0.2) is 4.79 Å². The van der Waals surface area contributed by atoms with Gasteiger partial charge in [0.25, 0.3) is 5.91 Å². The third kappa shape index (κ3) is 3.50. The SMILES string of the molecule is O=C1N[C@@](Cc2ccccc2)(c2ccccc2)C(=O)N1C[C@@H]1COc2ccccc2O1. The maximum absolute atomic E-state index is 13.7. The third-order valence-corrected chi connectivity index (χ3v) is 5.71. The molecule has 0 saturated carbocycles. The number of para-hydroxylation sites is 2. The summed E-state index contributed by atoms with van der Waals surface area (Å²) in [6.45, 7) is 0.382. The number of ether oxygens (including phenoxy) is 2. The maximum atomic E-state index is 13.7. The van der Waals surface area contributed by atoms with Crippen molar-refractivity contribution in [3.8, 4) is 11.5 Å². The molecule has 0 bridgehead atoms. The number of hydrogen-bond acceptors (Lipinski definition) is 4. The molecular formula is C25H22N2O4. The van der Waals surface area contributed by atoms with E-state index in [-0.39, 0.29) is 19.1 Å². The molecule has 2 heterocycles. The molecule has 31 heavy (non-hydrogen) atoms. The number of fused-ring (bicyclic) bond motifs is 1. The minimum absolute atomic E-state index is 0.113. The number of urea groups is 1.